The first kappa shape index (κ1) is 13.0. The first-order chi connectivity index (χ1) is 9.38. The van der Waals surface area contributed by atoms with Gasteiger partial charge in [0.15, 0.2) is 0 Å². The lowest BCUT2D eigenvalue weighted by Gasteiger charge is -1.97. The van der Waals surface area contributed by atoms with Crippen molar-refractivity contribution in [3.05, 3.63) is 71.8 Å². The van der Waals surface area contributed by atoms with Gasteiger partial charge in [0.25, 0.3) is 0 Å². The molecule has 19 heavy (non-hydrogen) atoms. The first-order valence-corrected chi connectivity index (χ1v) is 6.23. The molecule has 0 radical (unpaired) electrons. The van der Waals surface area contributed by atoms with Crippen LogP contribution < -0.4 is 4.74 Å². The maximum absolute atomic E-state index is 5.10. The maximum atomic E-state index is 5.10. The predicted octanol–water partition coefficient (Wildman–Crippen LogP) is 4.15. The molecule has 0 fully saturated rings. The van der Waals surface area contributed by atoms with Crippen LogP contribution in [0.4, 0.5) is 0 Å². The molecule has 0 amide bonds. The smallest absolute Gasteiger partial charge is 0.118 e. The van der Waals surface area contributed by atoms with Crippen molar-refractivity contribution < 1.29 is 4.74 Å². The molecule has 0 atom stereocenters. The van der Waals surface area contributed by atoms with E-state index in [2.05, 4.69) is 36.1 Å². The number of methoxy groups -OCH3 is 1. The Kier molecular flexibility index (Phi) is 4.84. The van der Waals surface area contributed by atoms with Gasteiger partial charge in [0.05, 0.1) is 7.11 Å². The fourth-order valence-corrected chi connectivity index (χ4v) is 1.65. The summed E-state index contributed by atoms with van der Waals surface area (Å²) in [5.41, 5.74) is 2.21. The molecule has 1 heteroatoms. The van der Waals surface area contributed by atoms with Crippen LogP contribution in [-0.2, 0) is 0 Å². The van der Waals surface area contributed by atoms with Gasteiger partial charge in [-0.05, 0) is 29.8 Å². The molecule has 0 spiro atoms. The normalized spacial score (nSPS) is 9.95. The topological polar surface area (TPSA) is 9.23 Å². The van der Waals surface area contributed by atoms with Crippen molar-refractivity contribution >= 4 is 6.08 Å². The maximum Gasteiger partial charge on any atom is 0.118 e. The molecule has 0 aliphatic heterocycles. The standard InChI is InChI=1S/C18H16O/c1-19-18-14-12-17(13-15-18)11-7-3-6-10-16-8-4-2-5-9-16/h2,4-6,8-10,12-15H,3H2,1H3/b10-6+. The number of hydrogen-bond acceptors (Lipinski definition) is 1. The third-order valence-electron chi connectivity index (χ3n) is 2.65. The van der Waals surface area contributed by atoms with Crippen molar-refractivity contribution in [1.29, 1.82) is 0 Å². The summed E-state index contributed by atoms with van der Waals surface area (Å²) in [7, 11) is 1.66. The minimum atomic E-state index is 0.751. The molecule has 0 bridgehead atoms. The number of allylic oxidation sites excluding steroid dienone is 1. The van der Waals surface area contributed by atoms with E-state index in [4.69, 9.17) is 4.74 Å². The third-order valence-corrected chi connectivity index (χ3v) is 2.65. The van der Waals surface area contributed by atoms with Crippen molar-refractivity contribution in [3.8, 4) is 17.6 Å². The molecule has 0 unspecified atom stereocenters. The number of ether oxygens (including phenoxy) is 1. The van der Waals surface area contributed by atoms with E-state index in [1.807, 2.05) is 42.5 Å². The average molecular weight is 248 g/mol. The van der Waals surface area contributed by atoms with Gasteiger partial charge < -0.3 is 4.74 Å². The van der Waals surface area contributed by atoms with Gasteiger partial charge in [-0.1, -0.05) is 54.3 Å². The molecule has 0 saturated carbocycles. The fraction of sp³-hybridized carbons (Fsp3) is 0.111. The van der Waals surface area contributed by atoms with E-state index < -0.39 is 0 Å². The van der Waals surface area contributed by atoms with Gasteiger partial charge in [-0.3, -0.25) is 0 Å². The van der Waals surface area contributed by atoms with Crippen molar-refractivity contribution in [2.45, 2.75) is 6.42 Å². The van der Waals surface area contributed by atoms with Gasteiger partial charge in [0, 0.05) is 12.0 Å². The lowest BCUT2D eigenvalue weighted by molar-refractivity contribution is 0.415. The van der Waals surface area contributed by atoms with Crippen LogP contribution in [-0.4, -0.2) is 7.11 Å². The van der Waals surface area contributed by atoms with Gasteiger partial charge in [-0.15, -0.1) is 0 Å². The van der Waals surface area contributed by atoms with Gasteiger partial charge in [0.1, 0.15) is 5.75 Å². The first-order valence-electron chi connectivity index (χ1n) is 6.23. The highest BCUT2D eigenvalue weighted by Crippen LogP contribution is 2.10. The number of hydrogen-bond donors (Lipinski definition) is 0. The van der Waals surface area contributed by atoms with Gasteiger partial charge in [0.2, 0.25) is 0 Å². The molecular formula is C18H16O. The van der Waals surface area contributed by atoms with Crippen LogP contribution in [0, 0.1) is 11.8 Å². The van der Waals surface area contributed by atoms with Crippen molar-refractivity contribution in [3.63, 3.8) is 0 Å². The Hall–Kier alpha value is -2.46. The SMILES string of the molecule is COc1ccc(C#CC/C=C/c2ccccc2)cc1. The van der Waals surface area contributed by atoms with Crippen LogP contribution in [0.5, 0.6) is 5.75 Å². The van der Waals surface area contributed by atoms with Gasteiger partial charge in [-0.25, -0.2) is 0 Å². The highest BCUT2D eigenvalue weighted by molar-refractivity contribution is 5.49. The lowest BCUT2D eigenvalue weighted by atomic mass is 10.2. The van der Waals surface area contributed by atoms with Crippen molar-refractivity contribution in [2.24, 2.45) is 0 Å². The van der Waals surface area contributed by atoms with Crippen LogP contribution in [0.25, 0.3) is 6.08 Å². The molecule has 0 aliphatic rings. The Morgan fingerprint density at radius 1 is 1.00 bits per heavy atom. The molecular weight excluding hydrogens is 232 g/mol. The average Bonchev–Trinajstić information content (AvgIpc) is 2.49. The number of benzene rings is 2. The summed E-state index contributed by atoms with van der Waals surface area (Å²) in [6.07, 6.45) is 4.91. The second kappa shape index (κ2) is 7.08. The lowest BCUT2D eigenvalue weighted by Crippen LogP contribution is -1.81. The van der Waals surface area contributed by atoms with E-state index in [1.54, 1.807) is 7.11 Å². The zero-order valence-corrected chi connectivity index (χ0v) is 11.0. The Bertz CT molecular complexity index is 583. The second-order valence-electron chi connectivity index (χ2n) is 4.05. The summed E-state index contributed by atoms with van der Waals surface area (Å²) in [6.45, 7) is 0. The monoisotopic (exact) mass is 248 g/mol. The highest BCUT2D eigenvalue weighted by atomic mass is 16.5. The van der Waals surface area contributed by atoms with Crippen molar-refractivity contribution in [1.82, 2.24) is 0 Å². The summed E-state index contributed by atoms with van der Waals surface area (Å²) in [5.74, 6) is 7.11. The molecule has 2 aromatic carbocycles. The Morgan fingerprint density at radius 2 is 1.74 bits per heavy atom. The van der Waals surface area contributed by atoms with E-state index in [0.717, 1.165) is 17.7 Å². The second-order valence-corrected chi connectivity index (χ2v) is 4.05. The summed E-state index contributed by atoms with van der Waals surface area (Å²) in [5, 5.41) is 0. The van der Waals surface area contributed by atoms with Crippen LogP contribution in [0.2, 0.25) is 0 Å². The fourth-order valence-electron chi connectivity index (χ4n) is 1.65. The Labute approximate surface area is 114 Å². The van der Waals surface area contributed by atoms with Gasteiger partial charge in [-0.2, -0.15) is 0 Å². The van der Waals surface area contributed by atoms with E-state index in [-0.39, 0.29) is 0 Å². The number of rotatable bonds is 3. The Balaban J connectivity index is 1.89. The van der Waals surface area contributed by atoms with Crippen LogP contribution in [0.15, 0.2) is 60.7 Å². The third kappa shape index (κ3) is 4.37. The highest BCUT2D eigenvalue weighted by Gasteiger charge is 1.89. The zero-order valence-electron chi connectivity index (χ0n) is 11.0. The van der Waals surface area contributed by atoms with Crippen LogP contribution in [0.3, 0.4) is 0 Å². The van der Waals surface area contributed by atoms with Crippen LogP contribution in [0.1, 0.15) is 17.5 Å². The quantitative estimate of drug-likeness (QED) is 0.741. The Morgan fingerprint density at radius 3 is 2.42 bits per heavy atom. The molecule has 0 N–H and O–H groups in total. The summed E-state index contributed by atoms with van der Waals surface area (Å²) in [4.78, 5) is 0. The minimum absolute atomic E-state index is 0.751. The van der Waals surface area contributed by atoms with Gasteiger partial charge >= 0.3 is 0 Å². The van der Waals surface area contributed by atoms with Crippen molar-refractivity contribution in [2.75, 3.05) is 7.11 Å². The predicted molar refractivity (Wildman–Crippen MR) is 80.0 cm³/mol. The van der Waals surface area contributed by atoms with E-state index >= 15 is 0 Å². The summed E-state index contributed by atoms with van der Waals surface area (Å²) in [6, 6.07) is 18.0. The van der Waals surface area contributed by atoms with Crippen LogP contribution >= 0.6 is 0 Å². The minimum Gasteiger partial charge on any atom is -0.497 e. The largest absolute Gasteiger partial charge is 0.497 e. The summed E-state index contributed by atoms with van der Waals surface area (Å²) >= 11 is 0. The molecule has 2 aromatic rings. The van der Waals surface area contributed by atoms with E-state index in [1.165, 1.54) is 5.56 Å². The molecule has 1 nitrogen and oxygen atoms in total. The molecule has 0 heterocycles. The van der Waals surface area contributed by atoms with E-state index in [9.17, 15) is 0 Å². The zero-order chi connectivity index (χ0) is 13.3. The molecule has 2 rings (SSSR count). The molecule has 94 valence electrons. The molecule has 0 aliphatic carbocycles. The molecule has 0 aromatic heterocycles. The van der Waals surface area contributed by atoms with E-state index in [0.29, 0.717) is 0 Å². The summed E-state index contributed by atoms with van der Waals surface area (Å²) < 4.78 is 5.10. The molecule has 0 saturated heterocycles.